The van der Waals surface area contributed by atoms with Crippen molar-refractivity contribution < 1.29 is 17.1 Å². The zero-order valence-electron chi connectivity index (χ0n) is 8.57. The summed E-state index contributed by atoms with van der Waals surface area (Å²) in [4.78, 5) is 0. The Kier molecular flexibility index (Phi) is 3.53. The molecule has 0 radical (unpaired) electrons. The Labute approximate surface area is 94.1 Å². The second-order valence-corrected chi connectivity index (χ2v) is 6.19. The molecule has 0 atom stereocenters. The molecule has 1 heteroatoms. The first-order valence-corrected chi connectivity index (χ1v) is 7.00. The van der Waals surface area contributed by atoms with Crippen LogP contribution in [-0.2, 0) is 17.1 Å². The summed E-state index contributed by atoms with van der Waals surface area (Å²) in [6.45, 7) is 2.27. The number of allylic oxidation sites excluding steroid dienone is 8. The van der Waals surface area contributed by atoms with Gasteiger partial charge in [-0.25, -0.2) is 0 Å². The fourth-order valence-electron chi connectivity index (χ4n) is 1.72. The molecular formula is C13H16Ru. The molecule has 0 aliphatic heterocycles. The van der Waals surface area contributed by atoms with E-state index in [-0.39, 0.29) is 0 Å². The predicted octanol–water partition coefficient (Wildman–Crippen LogP) is 3.93. The zero-order chi connectivity index (χ0) is 9.80. The fraction of sp³-hybridized carbons (Fsp3) is 0.385. The van der Waals surface area contributed by atoms with Crippen LogP contribution in [0.4, 0.5) is 0 Å². The minimum absolute atomic E-state index is 0.367. The Morgan fingerprint density at radius 2 is 2.21 bits per heavy atom. The van der Waals surface area contributed by atoms with Crippen LogP contribution in [-0.4, -0.2) is 0 Å². The van der Waals surface area contributed by atoms with Gasteiger partial charge in [-0.15, -0.1) is 0 Å². The first-order valence-electron chi connectivity index (χ1n) is 5.27. The van der Waals surface area contributed by atoms with E-state index in [1.807, 2.05) is 0 Å². The van der Waals surface area contributed by atoms with Gasteiger partial charge in [0.25, 0.3) is 0 Å². The van der Waals surface area contributed by atoms with Gasteiger partial charge < -0.3 is 0 Å². The molecule has 0 saturated carbocycles. The van der Waals surface area contributed by atoms with Gasteiger partial charge in [-0.1, -0.05) is 0 Å². The van der Waals surface area contributed by atoms with E-state index in [9.17, 15) is 0 Å². The first-order chi connectivity index (χ1) is 6.90. The monoisotopic (exact) mass is 274 g/mol. The molecule has 0 aromatic rings. The summed E-state index contributed by atoms with van der Waals surface area (Å²) in [6, 6.07) is 0. The van der Waals surface area contributed by atoms with Crippen LogP contribution in [0, 0.1) is 0 Å². The van der Waals surface area contributed by atoms with Gasteiger partial charge in [0.05, 0.1) is 0 Å². The van der Waals surface area contributed by atoms with E-state index in [4.69, 9.17) is 0 Å². The second kappa shape index (κ2) is 4.89. The van der Waals surface area contributed by atoms with Crippen molar-refractivity contribution >= 4 is 0 Å². The third-order valence-corrected chi connectivity index (χ3v) is 5.05. The van der Waals surface area contributed by atoms with Crippen molar-refractivity contribution in [2.45, 2.75) is 32.6 Å². The van der Waals surface area contributed by atoms with Crippen molar-refractivity contribution in [3.63, 3.8) is 0 Å². The Balaban J connectivity index is 1.99. The standard InChI is InChI=1S/C8H11.C5H5.Ru/c1-2-5-8-6-3-4-7-8;1-2-4-5-3-1;/h3,6H,2,4-5H2,1H3;1-3H,4H2;. The summed E-state index contributed by atoms with van der Waals surface area (Å²) < 4.78 is 3.42. The van der Waals surface area contributed by atoms with Crippen LogP contribution in [0.5, 0.6) is 0 Å². The molecule has 0 unspecified atom stereocenters. The van der Waals surface area contributed by atoms with Crippen LogP contribution in [0.1, 0.15) is 32.6 Å². The van der Waals surface area contributed by atoms with Gasteiger partial charge in [0.2, 0.25) is 0 Å². The average molecular weight is 273 g/mol. The third-order valence-electron chi connectivity index (χ3n) is 2.41. The van der Waals surface area contributed by atoms with E-state index in [2.05, 4.69) is 37.3 Å². The van der Waals surface area contributed by atoms with Crippen molar-refractivity contribution in [1.29, 1.82) is 0 Å². The molecule has 2 rings (SSSR count). The average Bonchev–Trinajstić information content (AvgIpc) is 2.80. The summed E-state index contributed by atoms with van der Waals surface area (Å²) in [5.74, 6) is 0. The Morgan fingerprint density at radius 1 is 1.29 bits per heavy atom. The molecule has 0 heterocycles. The van der Waals surface area contributed by atoms with Crippen LogP contribution in [0.15, 0.2) is 44.3 Å². The maximum absolute atomic E-state index is 2.34. The van der Waals surface area contributed by atoms with Gasteiger partial charge in [0.1, 0.15) is 0 Å². The fourth-order valence-corrected chi connectivity index (χ4v) is 4.11. The van der Waals surface area contributed by atoms with E-state index < -0.39 is 0 Å². The van der Waals surface area contributed by atoms with Crippen LogP contribution >= 0.6 is 0 Å². The first kappa shape index (κ1) is 10.1. The number of hydrogen-bond acceptors (Lipinski definition) is 0. The van der Waals surface area contributed by atoms with Gasteiger partial charge in [-0.05, 0) is 0 Å². The topological polar surface area (TPSA) is 0 Å². The van der Waals surface area contributed by atoms with Gasteiger partial charge in [0, 0.05) is 0 Å². The molecule has 0 N–H and O–H groups in total. The summed E-state index contributed by atoms with van der Waals surface area (Å²) in [6.07, 6.45) is 16.5. The zero-order valence-corrected chi connectivity index (χ0v) is 10.3. The molecule has 0 fully saturated rings. The van der Waals surface area contributed by atoms with E-state index in [1.165, 1.54) is 25.7 Å². The number of hydrogen-bond donors (Lipinski definition) is 0. The molecule has 0 amide bonds. The van der Waals surface area contributed by atoms with E-state index in [0.29, 0.717) is 17.1 Å². The molecule has 0 aromatic heterocycles. The van der Waals surface area contributed by atoms with Gasteiger partial charge in [-0.2, -0.15) is 0 Å². The van der Waals surface area contributed by atoms with Crippen LogP contribution in [0.2, 0.25) is 0 Å². The molecule has 0 spiro atoms. The summed E-state index contributed by atoms with van der Waals surface area (Å²) in [7, 11) is 0. The molecule has 0 bridgehead atoms. The van der Waals surface area contributed by atoms with E-state index in [1.54, 1.807) is 13.9 Å². The van der Waals surface area contributed by atoms with Crippen molar-refractivity contribution in [2.75, 3.05) is 0 Å². The molecule has 0 aromatic carbocycles. The van der Waals surface area contributed by atoms with Crippen molar-refractivity contribution in [3.8, 4) is 0 Å². The normalized spacial score (nSPS) is 19.9. The van der Waals surface area contributed by atoms with E-state index >= 15 is 0 Å². The molecule has 14 heavy (non-hydrogen) atoms. The summed E-state index contributed by atoms with van der Waals surface area (Å²) >= 11 is 0.367. The van der Waals surface area contributed by atoms with Gasteiger partial charge in [0.15, 0.2) is 0 Å². The van der Waals surface area contributed by atoms with Crippen molar-refractivity contribution in [3.05, 3.63) is 44.3 Å². The van der Waals surface area contributed by atoms with Crippen LogP contribution in [0.25, 0.3) is 0 Å². The molecule has 0 nitrogen and oxygen atoms in total. The Hall–Kier alpha value is -0.417. The SMILES string of the molecule is CCCC1=[C]([Ru][C]2=CC=CC2)CC=C1. The quantitative estimate of drug-likeness (QED) is 0.681. The number of rotatable bonds is 4. The summed E-state index contributed by atoms with van der Waals surface area (Å²) in [5.41, 5.74) is 1.64. The predicted molar refractivity (Wildman–Crippen MR) is 57.5 cm³/mol. The Morgan fingerprint density at radius 3 is 2.93 bits per heavy atom. The molecule has 2 aliphatic rings. The third kappa shape index (κ3) is 2.33. The van der Waals surface area contributed by atoms with Crippen molar-refractivity contribution in [2.24, 2.45) is 0 Å². The molecular weight excluding hydrogens is 257 g/mol. The van der Waals surface area contributed by atoms with Gasteiger partial charge >= 0.3 is 94.0 Å². The van der Waals surface area contributed by atoms with Gasteiger partial charge in [-0.3, -0.25) is 0 Å². The summed E-state index contributed by atoms with van der Waals surface area (Å²) in [5, 5.41) is 0. The van der Waals surface area contributed by atoms with Crippen molar-refractivity contribution in [1.82, 2.24) is 0 Å². The Bertz CT molecular complexity index is 329. The van der Waals surface area contributed by atoms with E-state index in [0.717, 1.165) is 0 Å². The van der Waals surface area contributed by atoms with Crippen LogP contribution in [0.3, 0.4) is 0 Å². The second-order valence-electron chi connectivity index (χ2n) is 3.59. The molecule has 0 saturated heterocycles. The molecule has 76 valence electrons. The minimum atomic E-state index is 0.367. The molecule has 2 aliphatic carbocycles. The van der Waals surface area contributed by atoms with Crippen LogP contribution < -0.4 is 0 Å². The maximum atomic E-state index is 2.34.